The number of anilines is 1. The first-order valence-electron chi connectivity index (χ1n) is 12.0. The van der Waals surface area contributed by atoms with E-state index in [0.717, 1.165) is 12.8 Å². The second-order valence-corrected chi connectivity index (χ2v) is 9.47. The molecule has 0 aliphatic heterocycles. The SMILES string of the molecule is CCCCCCCCCC(=O)Nc1ccc(OCC(O)CNC(C)(C)C)c(-c2nnco2)c1. The molecule has 0 aliphatic carbocycles. The molecule has 1 atom stereocenters. The van der Waals surface area contributed by atoms with Crippen molar-refractivity contribution in [1.82, 2.24) is 15.5 Å². The molecular weight excluding hydrogens is 420 g/mol. The zero-order valence-corrected chi connectivity index (χ0v) is 20.5. The van der Waals surface area contributed by atoms with Crippen molar-refractivity contribution >= 4 is 11.6 Å². The fourth-order valence-electron chi connectivity index (χ4n) is 3.33. The first kappa shape index (κ1) is 26.8. The van der Waals surface area contributed by atoms with Gasteiger partial charge in [-0.15, -0.1) is 10.2 Å². The van der Waals surface area contributed by atoms with E-state index in [4.69, 9.17) is 9.15 Å². The summed E-state index contributed by atoms with van der Waals surface area (Å²) in [6.07, 6.45) is 9.24. The van der Waals surface area contributed by atoms with E-state index < -0.39 is 6.10 Å². The molecule has 3 N–H and O–H groups in total. The van der Waals surface area contributed by atoms with Crippen LogP contribution >= 0.6 is 0 Å². The minimum atomic E-state index is -0.680. The van der Waals surface area contributed by atoms with Crippen molar-refractivity contribution in [2.75, 3.05) is 18.5 Å². The highest BCUT2D eigenvalue weighted by molar-refractivity contribution is 5.91. The lowest BCUT2D eigenvalue weighted by Crippen LogP contribution is -2.42. The Labute approximate surface area is 197 Å². The van der Waals surface area contributed by atoms with Gasteiger partial charge in [-0.25, -0.2) is 0 Å². The van der Waals surface area contributed by atoms with Gasteiger partial charge in [-0.3, -0.25) is 4.79 Å². The van der Waals surface area contributed by atoms with E-state index in [1.54, 1.807) is 18.2 Å². The summed E-state index contributed by atoms with van der Waals surface area (Å²) in [4.78, 5) is 12.4. The Morgan fingerprint density at radius 3 is 2.55 bits per heavy atom. The second-order valence-electron chi connectivity index (χ2n) is 9.47. The van der Waals surface area contributed by atoms with E-state index in [1.165, 1.54) is 38.5 Å². The van der Waals surface area contributed by atoms with Gasteiger partial charge in [-0.05, 0) is 45.4 Å². The number of benzene rings is 1. The Hall–Kier alpha value is -2.45. The van der Waals surface area contributed by atoms with Gasteiger partial charge in [0.05, 0.1) is 5.56 Å². The third-order valence-corrected chi connectivity index (χ3v) is 5.16. The van der Waals surface area contributed by atoms with Crippen molar-refractivity contribution in [2.45, 2.75) is 90.7 Å². The molecule has 0 fully saturated rings. The van der Waals surface area contributed by atoms with E-state index in [-0.39, 0.29) is 23.9 Å². The Kier molecular flexibility index (Phi) is 11.3. The fraction of sp³-hybridized carbons (Fsp3) is 0.640. The Morgan fingerprint density at radius 2 is 1.88 bits per heavy atom. The molecule has 0 spiro atoms. The predicted octanol–water partition coefficient (Wildman–Crippen LogP) is 4.94. The van der Waals surface area contributed by atoms with Crippen LogP contribution < -0.4 is 15.4 Å². The summed E-state index contributed by atoms with van der Waals surface area (Å²) in [5.74, 6) is 0.770. The van der Waals surface area contributed by atoms with E-state index in [0.29, 0.717) is 30.0 Å². The van der Waals surface area contributed by atoms with Crippen LogP contribution in [-0.2, 0) is 4.79 Å². The first-order valence-corrected chi connectivity index (χ1v) is 12.0. The van der Waals surface area contributed by atoms with Crippen molar-refractivity contribution in [3.8, 4) is 17.2 Å². The maximum atomic E-state index is 12.4. The predicted molar refractivity (Wildman–Crippen MR) is 130 cm³/mol. The van der Waals surface area contributed by atoms with Crippen molar-refractivity contribution in [2.24, 2.45) is 0 Å². The third-order valence-electron chi connectivity index (χ3n) is 5.16. The van der Waals surface area contributed by atoms with E-state index >= 15 is 0 Å². The van der Waals surface area contributed by atoms with Crippen LogP contribution in [0.4, 0.5) is 5.69 Å². The summed E-state index contributed by atoms with van der Waals surface area (Å²) < 4.78 is 11.2. The zero-order chi connectivity index (χ0) is 24.1. The molecule has 0 saturated heterocycles. The van der Waals surface area contributed by atoms with Gasteiger partial charge in [-0.1, -0.05) is 45.4 Å². The number of carbonyl (C=O) groups is 1. The Balaban J connectivity index is 1.90. The maximum Gasteiger partial charge on any atom is 0.251 e. The fourth-order valence-corrected chi connectivity index (χ4v) is 3.33. The summed E-state index contributed by atoms with van der Waals surface area (Å²) in [5.41, 5.74) is 1.11. The van der Waals surface area contributed by atoms with Gasteiger partial charge in [-0.2, -0.15) is 0 Å². The smallest absolute Gasteiger partial charge is 0.251 e. The van der Waals surface area contributed by atoms with Gasteiger partial charge >= 0.3 is 0 Å². The number of β-amino-alcohol motifs (C(OH)–C–C–N with tert-alkyl or cyclic N) is 1. The molecule has 0 bridgehead atoms. The molecule has 1 aromatic carbocycles. The van der Waals surface area contributed by atoms with Gasteiger partial charge in [0.2, 0.25) is 12.3 Å². The number of rotatable bonds is 15. The van der Waals surface area contributed by atoms with E-state index in [1.807, 2.05) is 20.8 Å². The summed E-state index contributed by atoms with van der Waals surface area (Å²) >= 11 is 0. The number of amides is 1. The van der Waals surface area contributed by atoms with Crippen LogP contribution in [0.3, 0.4) is 0 Å². The number of nitrogens with zero attached hydrogens (tertiary/aromatic N) is 2. The number of carbonyl (C=O) groups excluding carboxylic acids is 1. The highest BCUT2D eigenvalue weighted by Crippen LogP contribution is 2.31. The van der Waals surface area contributed by atoms with Crippen LogP contribution in [0.5, 0.6) is 5.75 Å². The number of nitrogens with one attached hydrogen (secondary N) is 2. The lowest BCUT2D eigenvalue weighted by molar-refractivity contribution is -0.116. The minimum absolute atomic E-state index is 0.0163. The standard InChI is InChI=1S/C25H40N4O4/c1-5-6-7-8-9-10-11-12-23(31)28-19-13-14-22(21(15-19)24-29-27-18-33-24)32-17-20(30)16-26-25(2,3)4/h13-15,18,20,26,30H,5-12,16-17H2,1-4H3,(H,28,31). The Morgan fingerprint density at radius 1 is 1.15 bits per heavy atom. The number of aromatic nitrogens is 2. The van der Waals surface area contributed by atoms with E-state index in [2.05, 4.69) is 27.8 Å². The largest absolute Gasteiger partial charge is 0.490 e. The quantitative estimate of drug-likeness (QED) is 0.323. The topological polar surface area (TPSA) is 110 Å². The lowest BCUT2D eigenvalue weighted by Gasteiger charge is -2.23. The van der Waals surface area contributed by atoms with Crippen LogP contribution in [0.2, 0.25) is 0 Å². The van der Waals surface area contributed by atoms with Crippen molar-refractivity contribution < 1.29 is 19.1 Å². The number of unbranched alkanes of at least 4 members (excludes halogenated alkanes) is 6. The molecule has 1 aromatic heterocycles. The van der Waals surface area contributed by atoms with E-state index in [9.17, 15) is 9.90 Å². The average Bonchev–Trinajstić information content (AvgIpc) is 3.30. The van der Waals surface area contributed by atoms with Gasteiger partial charge in [0.1, 0.15) is 18.5 Å². The first-order chi connectivity index (χ1) is 15.8. The van der Waals surface area contributed by atoms with Gasteiger partial charge in [0.15, 0.2) is 0 Å². The maximum absolute atomic E-state index is 12.4. The molecular formula is C25H40N4O4. The monoisotopic (exact) mass is 460 g/mol. The second kappa shape index (κ2) is 14.0. The molecule has 0 saturated carbocycles. The molecule has 184 valence electrons. The lowest BCUT2D eigenvalue weighted by atomic mass is 10.1. The van der Waals surface area contributed by atoms with Crippen LogP contribution in [0.15, 0.2) is 29.0 Å². The van der Waals surface area contributed by atoms with Crippen molar-refractivity contribution in [3.05, 3.63) is 24.6 Å². The molecule has 8 nitrogen and oxygen atoms in total. The highest BCUT2D eigenvalue weighted by Gasteiger charge is 2.17. The zero-order valence-electron chi connectivity index (χ0n) is 20.5. The molecule has 2 rings (SSSR count). The van der Waals surface area contributed by atoms with Crippen LogP contribution in [0.1, 0.15) is 79.1 Å². The van der Waals surface area contributed by atoms with Crippen molar-refractivity contribution in [1.29, 1.82) is 0 Å². The summed E-state index contributed by atoms with van der Waals surface area (Å²) in [5, 5.41) is 24.1. The Bertz CT molecular complexity index is 818. The van der Waals surface area contributed by atoms with Crippen LogP contribution in [0, 0.1) is 0 Å². The summed E-state index contributed by atoms with van der Waals surface area (Å²) in [7, 11) is 0. The number of hydrogen-bond acceptors (Lipinski definition) is 7. The van der Waals surface area contributed by atoms with Crippen molar-refractivity contribution in [3.63, 3.8) is 0 Å². The third kappa shape index (κ3) is 10.8. The number of aliphatic hydroxyl groups excluding tert-OH is 1. The molecule has 1 heterocycles. The molecule has 2 aromatic rings. The normalized spacial score (nSPS) is 12.5. The number of aliphatic hydroxyl groups is 1. The van der Waals surface area contributed by atoms with Gasteiger partial charge in [0, 0.05) is 24.2 Å². The number of hydrogen-bond donors (Lipinski definition) is 3. The average molecular weight is 461 g/mol. The number of ether oxygens (including phenoxy) is 1. The molecule has 0 radical (unpaired) electrons. The molecule has 8 heteroatoms. The molecule has 1 amide bonds. The highest BCUT2D eigenvalue weighted by atomic mass is 16.5. The molecule has 1 unspecified atom stereocenters. The molecule has 33 heavy (non-hydrogen) atoms. The van der Waals surface area contributed by atoms with Gasteiger partial charge in [0.25, 0.3) is 5.89 Å². The molecule has 0 aliphatic rings. The van der Waals surface area contributed by atoms with Crippen LogP contribution in [-0.4, -0.2) is 46.0 Å². The summed E-state index contributed by atoms with van der Waals surface area (Å²) in [6.45, 7) is 8.83. The van der Waals surface area contributed by atoms with Crippen LogP contribution in [0.25, 0.3) is 11.5 Å². The van der Waals surface area contributed by atoms with Gasteiger partial charge < -0.3 is 24.9 Å². The summed E-state index contributed by atoms with van der Waals surface area (Å²) in [6, 6.07) is 5.27. The minimum Gasteiger partial charge on any atom is -0.490 e.